The van der Waals surface area contributed by atoms with E-state index in [4.69, 9.17) is 10.5 Å². The number of sulfone groups is 1. The lowest BCUT2D eigenvalue weighted by molar-refractivity contribution is 0.393. The quantitative estimate of drug-likeness (QED) is 0.897. The molecule has 0 radical (unpaired) electrons. The third-order valence-corrected chi connectivity index (χ3v) is 4.24. The molecule has 6 heteroatoms. The second-order valence-corrected chi connectivity index (χ2v) is 6.89. The van der Waals surface area contributed by atoms with Crippen molar-refractivity contribution in [2.45, 2.75) is 29.7 Å². The number of ether oxygens (including phenoxy) is 1. The summed E-state index contributed by atoms with van der Waals surface area (Å²) >= 11 is 0. The molecule has 1 aliphatic rings. The summed E-state index contributed by atoms with van der Waals surface area (Å²) in [6.45, 7) is 0. The minimum Gasteiger partial charge on any atom is -0.495 e. The molecule has 2 rings (SSSR count). The van der Waals surface area contributed by atoms with Crippen LogP contribution in [-0.2, 0) is 16.3 Å². The first-order valence-electron chi connectivity index (χ1n) is 5.60. The van der Waals surface area contributed by atoms with Gasteiger partial charge in [-0.3, -0.25) is 0 Å². The molecule has 1 fully saturated rings. The van der Waals surface area contributed by atoms with E-state index in [0.29, 0.717) is 12.0 Å². The van der Waals surface area contributed by atoms with Gasteiger partial charge in [0.25, 0.3) is 0 Å². The summed E-state index contributed by atoms with van der Waals surface area (Å²) < 4.78 is 41.9. The highest BCUT2D eigenvalue weighted by Crippen LogP contribution is 2.39. The minimum absolute atomic E-state index is 0.121. The van der Waals surface area contributed by atoms with Gasteiger partial charge in [-0.1, -0.05) is 0 Å². The first-order valence-corrected chi connectivity index (χ1v) is 7.50. The molecule has 0 aliphatic heterocycles. The van der Waals surface area contributed by atoms with E-state index in [1.54, 1.807) is 0 Å². The summed E-state index contributed by atoms with van der Waals surface area (Å²) in [5.74, 6) is -0.383. The topological polar surface area (TPSA) is 69.4 Å². The lowest BCUT2D eigenvalue weighted by Crippen LogP contribution is -2.25. The summed E-state index contributed by atoms with van der Waals surface area (Å²) in [5.41, 5.74) is 6.16. The molecule has 0 atom stereocenters. The Morgan fingerprint density at radius 2 is 2.06 bits per heavy atom. The van der Waals surface area contributed by atoms with Crippen LogP contribution in [0.2, 0.25) is 0 Å². The summed E-state index contributed by atoms with van der Waals surface area (Å²) in [6.07, 6.45) is 3.18. The predicted octanol–water partition coefficient (Wildman–Crippen LogP) is 1.27. The Morgan fingerprint density at radius 1 is 1.44 bits per heavy atom. The Balaban J connectivity index is 2.54. The van der Waals surface area contributed by atoms with Crippen LogP contribution in [0.1, 0.15) is 18.4 Å². The van der Waals surface area contributed by atoms with Gasteiger partial charge >= 0.3 is 0 Å². The van der Waals surface area contributed by atoms with E-state index in [0.717, 1.165) is 25.2 Å². The fourth-order valence-corrected chi connectivity index (χ4v) is 2.86. The third kappa shape index (κ3) is 2.64. The Labute approximate surface area is 106 Å². The van der Waals surface area contributed by atoms with Gasteiger partial charge in [0, 0.05) is 17.4 Å². The molecule has 0 heterocycles. The van der Waals surface area contributed by atoms with Gasteiger partial charge in [0.15, 0.2) is 9.84 Å². The van der Waals surface area contributed by atoms with Crippen LogP contribution < -0.4 is 10.5 Å². The second kappa shape index (κ2) is 4.20. The van der Waals surface area contributed by atoms with Crippen molar-refractivity contribution >= 4 is 9.84 Å². The van der Waals surface area contributed by atoms with E-state index in [-0.39, 0.29) is 16.2 Å². The fraction of sp³-hybridized carbons (Fsp3) is 0.500. The number of methoxy groups -OCH3 is 1. The molecular weight excluding hydrogens is 257 g/mol. The molecule has 0 unspecified atom stereocenters. The van der Waals surface area contributed by atoms with Crippen LogP contribution in [0.15, 0.2) is 17.0 Å². The largest absolute Gasteiger partial charge is 0.495 e. The monoisotopic (exact) mass is 273 g/mol. The molecule has 0 saturated heterocycles. The number of rotatable bonds is 4. The lowest BCUT2D eigenvalue weighted by Gasteiger charge is -2.15. The van der Waals surface area contributed by atoms with Gasteiger partial charge in [0.2, 0.25) is 0 Å². The zero-order chi connectivity index (χ0) is 13.6. The Morgan fingerprint density at radius 3 is 2.50 bits per heavy atom. The highest BCUT2D eigenvalue weighted by Gasteiger charge is 2.39. The average molecular weight is 273 g/mol. The molecule has 0 spiro atoms. The van der Waals surface area contributed by atoms with Crippen molar-refractivity contribution in [2.75, 3.05) is 13.4 Å². The number of hydrogen-bond acceptors (Lipinski definition) is 4. The van der Waals surface area contributed by atoms with E-state index in [9.17, 15) is 12.8 Å². The van der Waals surface area contributed by atoms with E-state index in [1.807, 2.05) is 0 Å². The van der Waals surface area contributed by atoms with Crippen molar-refractivity contribution in [3.63, 3.8) is 0 Å². The summed E-state index contributed by atoms with van der Waals surface area (Å²) in [5, 5.41) is 0. The third-order valence-electron chi connectivity index (χ3n) is 3.13. The van der Waals surface area contributed by atoms with Gasteiger partial charge in [0.1, 0.15) is 16.5 Å². The average Bonchev–Trinajstić information content (AvgIpc) is 2.94. The fourth-order valence-electron chi connectivity index (χ4n) is 1.98. The van der Waals surface area contributed by atoms with Crippen molar-refractivity contribution < 1.29 is 17.5 Å². The predicted molar refractivity (Wildman–Crippen MR) is 65.9 cm³/mol. The molecule has 2 N–H and O–H groups in total. The number of nitrogens with two attached hydrogens (primary N) is 1. The van der Waals surface area contributed by atoms with Gasteiger partial charge in [-0.05, 0) is 31.4 Å². The van der Waals surface area contributed by atoms with Gasteiger partial charge in [-0.25, -0.2) is 12.8 Å². The maximum Gasteiger partial charge on any atom is 0.179 e. The Bertz CT molecular complexity index is 579. The molecule has 100 valence electrons. The molecule has 0 aromatic heterocycles. The highest BCUT2D eigenvalue weighted by molar-refractivity contribution is 7.90. The highest BCUT2D eigenvalue weighted by atomic mass is 32.2. The van der Waals surface area contributed by atoms with E-state index >= 15 is 0 Å². The molecule has 1 aliphatic carbocycles. The zero-order valence-electron chi connectivity index (χ0n) is 10.4. The SMILES string of the molecule is COc1c(CC2(N)CC2)cc(F)cc1S(C)(=O)=O. The number of halogens is 1. The summed E-state index contributed by atoms with van der Waals surface area (Å²) in [7, 11) is -2.16. The van der Waals surface area contributed by atoms with Gasteiger partial charge in [-0.15, -0.1) is 0 Å². The Hall–Kier alpha value is -1.14. The normalized spacial score (nSPS) is 17.6. The molecule has 1 aromatic carbocycles. The summed E-state index contributed by atoms with van der Waals surface area (Å²) in [4.78, 5) is -0.121. The van der Waals surface area contributed by atoms with E-state index in [1.165, 1.54) is 13.2 Å². The lowest BCUT2D eigenvalue weighted by atomic mass is 10.0. The van der Waals surface area contributed by atoms with Crippen LogP contribution in [0.4, 0.5) is 4.39 Å². The van der Waals surface area contributed by atoms with Crippen LogP contribution >= 0.6 is 0 Å². The van der Waals surface area contributed by atoms with Crippen molar-refractivity contribution in [3.8, 4) is 5.75 Å². The number of hydrogen-bond donors (Lipinski definition) is 1. The molecule has 18 heavy (non-hydrogen) atoms. The molecule has 4 nitrogen and oxygen atoms in total. The van der Waals surface area contributed by atoms with Crippen LogP contribution in [0.5, 0.6) is 5.75 Å². The molecule has 0 bridgehead atoms. The molecular formula is C12H16FNO3S. The van der Waals surface area contributed by atoms with Crippen molar-refractivity contribution in [2.24, 2.45) is 5.73 Å². The van der Waals surface area contributed by atoms with Gasteiger partial charge in [-0.2, -0.15) is 0 Å². The first kappa shape index (κ1) is 13.3. The van der Waals surface area contributed by atoms with Gasteiger partial charge < -0.3 is 10.5 Å². The smallest absolute Gasteiger partial charge is 0.179 e. The van der Waals surface area contributed by atoms with Crippen LogP contribution in [0.25, 0.3) is 0 Å². The molecule has 1 aromatic rings. The zero-order valence-corrected chi connectivity index (χ0v) is 11.2. The van der Waals surface area contributed by atoms with E-state index in [2.05, 4.69) is 0 Å². The van der Waals surface area contributed by atoms with Gasteiger partial charge in [0.05, 0.1) is 7.11 Å². The first-order chi connectivity index (χ1) is 8.25. The van der Waals surface area contributed by atoms with Crippen molar-refractivity contribution in [1.29, 1.82) is 0 Å². The molecule has 1 saturated carbocycles. The summed E-state index contributed by atoms with van der Waals surface area (Å²) in [6, 6.07) is 2.27. The van der Waals surface area contributed by atoms with Crippen LogP contribution in [0, 0.1) is 5.82 Å². The molecule has 0 amide bonds. The standard InChI is InChI=1S/C12H16FNO3S/c1-17-11-8(7-12(14)3-4-12)5-9(13)6-10(11)18(2,15)16/h5-6H,3-4,7,14H2,1-2H3. The van der Waals surface area contributed by atoms with Crippen LogP contribution in [0.3, 0.4) is 0 Å². The van der Waals surface area contributed by atoms with Crippen molar-refractivity contribution in [3.05, 3.63) is 23.5 Å². The van der Waals surface area contributed by atoms with E-state index < -0.39 is 15.7 Å². The second-order valence-electron chi connectivity index (χ2n) is 4.91. The van der Waals surface area contributed by atoms with Crippen molar-refractivity contribution in [1.82, 2.24) is 0 Å². The Kier molecular flexibility index (Phi) is 3.11. The minimum atomic E-state index is -3.53. The maximum atomic E-state index is 13.5. The number of benzene rings is 1. The van der Waals surface area contributed by atoms with Crippen LogP contribution in [-0.4, -0.2) is 27.3 Å². The maximum absolute atomic E-state index is 13.5.